The third-order valence-corrected chi connectivity index (χ3v) is 7.04. The average Bonchev–Trinajstić information content (AvgIpc) is 2.86. The molecular formula is C22H26FN3O7S. The molecule has 12 heteroatoms. The molecule has 184 valence electrons. The van der Waals surface area contributed by atoms with E-state index in [-0.39, 0.29) is 42.4 Å². The lowest BCUT2D eigenvalue weighted by Crippen LogP contribution is -2.53. The molecular weight excluding hydrogens is 469 g/mol. The van der Waals surface area contributed by atoms with Crippen LogP contribution in [0.1, 0.15) is 12.0 Å². The Hall–Kier alpha value is -3.22. The summed E-state index contributed by atoms with van der Waals surface area (Å²) in [5.74, 6) is -1.85. The average molecular weight is 496 g/mol. The van der Waals surface area contributed by atoms with Gasteiger partial charge in [0.1, 0.15) is 12.0 Å². The molecule has 1 atom stereocenters. The van der Waals surface area contributed by atoms with E-state index >= 15 is 0 Å². The van der Waals surface area contributed by atoms with Gasteiger partial charge in [0.05, 0.1) is 32.3 Å². The Bertz CT molecular complexity index is 1140. The SMILES string of the molecule is COc1ccc(S(=O)(=O)N2CCCO[C@H]2CNC(=O)C(=O)NCc2ccccc2F)cc1OC. The van der Waals surface area contributed by atoms with Crippen molar-refractivity contribution in [2.75, 3.05) is 33.9 Å². The highest BCUT2D eigenvalue weighted by Gasteiger charge is 2.35. The van der Waals surface area contributed by atoms with Gasteiger partial charge >= 0.3 is 11.8 Å². The Morgan fingerprint density at radius 2 is 1.79 bits per heavy atom. The van der Waals surface area contributed by atoms with Gasteiger partial charge in [-0.1, -0.05) is 18.2 Å². The Balaban J connectivity index is 1.65. The van der Waals surface area contributed by atoms with Crippen molar-refractivity contribution in [2.24, 2.45) is 0 Å². The molecule has 2 N–H and O–H groups in total. The third-order valence-electron chi connectivity index (χ3n) is 5.16. The fraction of sp³-hybridized carbons (Fsp3) is 0.364. The van der Waals surface area contributed by atoms with Crippen LogP contribution in [0.25, 0.3) is 0 Å². The van der Waals surface area contributed by atoms with E-state index in [2.05, 4.69) is 10.6 Å². The first-order chi connectivity index (χ1) is 16.3. The standard InChI is InChI=1S/C22H26FN3O7S/c1-31-18-9-8-16(12-19(18)32-2)34(29,30)26-10-5-11-33-20(26)14-25-22(28)21(27)24-13-15-6-3-4-7-17(15)23/h3-4,6-9,12,20H,5,10-11,13-14H2,1-2H3,(H,24,27)(H,25,28)/t20-/m0/s1. The maximum Gasteiger partial charge on any atom is 0.309 e. The molecule has 1 fully saturated rings. The van der Waals surface area contributed by atoms with Crippen LogP contribution < -0.4 is 20.1 Å². The summed E-state index contributed by atoms with van der Waals surface area (Å²) in [4.78, 5) is 24.3. The number of rotatable bonds is 8. The van der Waals surface area contributed by atoms with Crippen molar-refractivity contribution < 1.29 is 36.6 Å². The van der Waals surface area contributed by atoms with Crippen LogP contribution in [0.2, 0.25) is 0 Å². The first-order valence-corrected chi connectivity index (χ1v) is 11.9. The number of hydrogen-bond acceptors (Lipinski definition) is 7. The van der Waals surface area contributed by atoms with Gasteiger partial charge < -0.3 is 24.8 Å². The number of nitrogens with one attached hydrogen (secondary N) is 2. The fourth-order valence-electron chi connectivity index (χ4n) is 3.37. The van der Waals surface area contributed by atoms with Crippen LogP contribution in [0, 0.1) is 5.82 Å². The highest BCUT2D eigenvalue weighted by Crippen LogP contribution is 2.31. The van der Waals surface area contributed by atoms with Gasteiger partial charge in [-0.3, -0.25) is 9.59 Å². The molecule has 0 bridgehead atoms. The normalized spacial score (nSPS) is 16.5. The van der Waals surface area contributed by atoms with Crippen molar-refractivity contribution in [1.29, 1.82) is 0 Å². The molecule has 3 rings (SSSR count). The summed E-state index contributed by atoms with van der Waals surface area (Å²) >= 11 is 0. The highest BCUT2D eigenvalue weighted by molar-refractivity contribution is 7.89. The largest absolute Gasteiger partial charge is 0.493 e. The van der Waals surface area contributed by atoms with Gasteiger partial charge in [-0.2, -0.15) is 4.31 Å². The van der Waals surface area contributed by atoms with Crippen molar-refractivity contribution in [1.82, 2.24) is 14.9 Å². The van der Waals surface area contributed by atoms with Crippen LogP contribution in [0.5, 0.6) is 11.5 Å². The van der Waals surface area contributed by atoms with Crippen molar-refractivity contribution in [3.05, 3.63) is 53.8 Å². The van der Waals surface area contributed by atoms with E-state index in [1.54, 1.807) is 6.07 Å². The number of hydrogen-bond donors (Lipinski definition) is 2. The maximum atomic E-state index is 13.7. The molecule has 0 saturated carbocycles. The van der Waals surface area contributed by atoms with E-state index in [4.69, 9.17) is 14.2 Å². The van der Waals surface area contributed by atoms with Gasteiger partial charge in [-0.25, -0.2) is 12.8 Å². The number of ether oxygens (including phenoxy) is 3. The molecule has 1 aliphatic rings. The van der Waals surface area contributed by atoms with Crippen LogP contribution in [0.15, 0.2) is 47.4 Å². The maximum absolute atomic E-state index is 13.7. The van der Waals surface area contributed by atoms with Crippen molar-refractivity contribution in [3.8, 4) is 11.5 Å². The topological polar surface area (TPSA) is 123 Å². The lowest BCUT2D eigenvalue weighted by Gasteiger charge is -2.34. The van der Waals surface area contributed by atoms with E-state index in [1.807, 2.05) is 0 Å². The molecule has 0 spiro atoms. The molecule has 0 aromatic heterocycles. The van der Waals surface area contributed by atoms with E-state index in [9.17, 15) is 22.4 Å². The summed E-state index contributed by atoms with van der Waals surface area (Å²) in [6.07, 6.45) is -0.560. The molecule has 1 heterocycles. The molecule has 2 amide bonds. The monoisotopic (exact) mass is 495 g/mol. The fourth-order valence-corrected chi connectivity index (χ4v) is 4.95. The molecule has 0 radical (unpaired) electrons. The number of nitrogens with zero attached hydrogens (tertiary/aromatic N) is 1. The van der Waals surface area contributed by atoms with Crippen molar-refractivity contribution in [3.63, 3.8) is 0 Å². The van der Waals surface area contributed by atoms with Crippen LogP contribution in [-0.4, -0.2) is 64.7 Å². The Labute approximate surface area is 197 Å². The molecule has 0 aliphatic carbocycles. The minimum atomic E-state index is -4.01. The summed E-state index contributed by atoms with van der Waals surface area (Å²) in [7, 11) is -1.17. The number of methoxy groups -OCH3 is 2. The van der Waals surface area contributed by atoms with Gasteiger partial charge in [0, 0.05) is 24.7 Å². The molecule has 1 saturated heterocycles. The summed E-state index contributed by atoms with van der Waals surface area (Å²) in [6.45, 7) is 0.0335. The molecule has 2 aromatic carbocycles. The van der Waals surface area contributed by atoms with Gasteiger partial charge in [-0.15, -0.1) is 0 Å². The van der Waals surface area contributed by atoms with E-state index < -0.39 is 33.9 Å². The Kier molecular flexibility index (Phi) is 8.42. The van der Waals surface area contributed by atoms with Crippen molar-refractivity contribution in [2.45, 2.75) is 24.1 Å². The minimum absolute atomic E-state index is 0.0328. The quantitative estimate of drug-likeness (QED) is 0.524. The zero-order valence-electron chi connectivity index (χ0n) is 18.7. The van der Waals surface area contributed by atoms with E-state index in [1.165, 1.54) is 50.6 Å². The van der Waals surface area contributed by atoms with Crippen LogP contribution in [0.3, 0.4) is 0 Å². The molecule has 1 aliphatic heterocycles. The second-order valence-electron chi connectivity index (χ2n) is 7.30. The number of carbonyl (C=O) groups excluding carboxylic acids is 2. The number of benzene rings is 2. The summed E-state index contributed by atoms with van der Waals surface area (Å²) in [5.41, 5.74) is 0.228. The Morgan fingerprint density at radius 3 is 2.50 bits per heavy atom. The first-order valence-electron chi connectivity index (χ1n) is 10.4. The number of halogens is 1. The number of sulfonamides is 1. The predicted octanol–water partition coefficient (Wildman–Crippen LogP) is 1.01. The smallest absolute Gasteiger partial charge is 0.309 e. The van der Waals surface area contributed by atoms with Crippen LogP contribution in [0.4, 0.5) is 4.39 Å². The summed E-state index contributed by atoms with van der Waals surface area (Å²) in [6, 6.07) is 10.1. The molecule has 10 nitrogen and oxygen atoms in total. The molecule has 2 aromatic rings. The lowest BCUT2D eigenvalue weighted by molar-refractivity contribution is -0.140. The number of amides is 2. The summed E-state index contributed by atoms with van der Waals surface area (Å²) in [5, 5.41) is 4.71. The molecule has 34 heavy (non-hydrogen) atoms. The zero-order valence-corrected chi connectivity index (χ0v) is 19.6. The second-order valence-corrected chi connectivity index (χ2v) is 9.19. The van der Waals surface area contributed by atoms with E-state index in [0.717, 1.165) is 4.31 Å². The van der Waals surface area contributed by atoms with Crippen LogP contribution in [-0.2, 0) is 30.9 Å². The lowest BCUT2D eigenvalue weighted by atomic mass is 10.2. The van der Waals surface area contributed by atoms with Crippen molar-refractivity contribution >= 4 is 21.8 Å². The van der Waals surface area contributed by atoms with Crippen LogP contribution >= 0.6 is 0 Å². The number of carbonyl (C=O) groups is 2. The van der Waals surface area contributed by atoms with E-state index in [0.29, 0.717) is 12.2 Å². The van der Waals surface area contributed by atoms with Gasteiger partial charge in [0.15, 0.2) is 11.5 Å². The minimum Gasteiger partial charge on any atom is -0.493 e. The Morgan fingerprint density at radius 1 is 1.09 bits per heavy atom. The molecule has 0 unspecified atom stereocenters. The highest BCUT2D eigenvalue weighted by atomic mass is 32.2. The van der Waals surface area contributed by atoms with Gasteiger partial charge in [0.25, 0.3) is 0 Å². The van der Waals surface area contributed by atoms with Gasteiger partial charge in [-0.05, 0) is 24.6 Å². The summed E-state index contributed by atoms with van der Waals surface area (Å²) < 4.78 is 57.2. The third kappa shape index (κ3) is 5.82. The zero-order chi connectivity index (χ0) is 24.7. The second kappa shape index (κ2) is 11.3. The first kappa shape index (κ1) is 25.4. The van der Waals surface area contributed by atoms with Gasteiger partial charge in [0.2, 0.25) is 10.0 Å². The predicted molar refractivity (Wildman–Crippen MR) is 119 cm³/mol.